The maximum atomic E-state index is 15.5. The SMILES string of the molecule is CN1Cc2c(ccc(F)c2F)C(N2C3COCCN3C(=O)c3c(O)c(=O)ccn32)[C@@H]2C3CCC(CC3)[C@H]21.CN1Cc2c(ccc(F)c2F)[C@H](N2[C@@H]3COCCN3C(=O)c3c(O)c(=O)ccn32)[C@@H]2C3CCC(CC3)[C@H]21.O=C1c2c(O)c(=O)ccn2N(C2c3ccc(F)c(F)c3CSc3c2sc2ccccc32)C2COCCN12.O=C1c2c(O)c(=O)ccn2N([C@H]2c3ccc(F)c(F)c3CSc3c2sc2ccccc32)[C@@H]2COCCN12. The van der Waals surface area contributed by atoms with E-state index in [-0.39, 0.29) is 109 Å². The lowest BCUT2D eigenvalue weighted by molar-refractivity contribution is -0.0510. The summed E-state index contributed by atoms with van der Waals surface area (Å²) in [5.74, 6) is -9.17. The van der Waals surface area contributed by atoms with Crippen molar-refractivity contribution >= 4 is 90.0 Å². The largest absolute Gasteiger partial charge is 0.502 e. The molecule has 12 aromatic rings. The number of nitrogens with zero attached hydrogens (tertiary/aromatic N) is 14. The van der Waals surface area contributed by atoms with E-state index in [1.807, 2.05) is 82.7 Å². The van der Waals surface area contributed by atoms with Crippen LogP contribution in [0.15, 0.2) is 175 Å². The molecule has 18 aliphatic rings. The average molecular weight is 2100 g/mol. The summed E-state index contributed by atoms with van der Waals surface area (Å²) in [7, 11) is 4.00. The Hall–Kier alpha value is -12.8. The minimum absolute atomic E-state index is 0.0787. The van der Waals surface area contributed by atoms with Crippen LogP contribution >= 0.6 is 46.2 Å². The first-order chi connectivity index (χ1) is 71.6. The van der Waals surface area contributed by atoms with E-state index in [4.69, 9.17) is 18.9 Å². The van der Waals surface area contributed by atoms with Crippen LogP contribution in [0.5, 0.6) is 23.0 Å². The Morgan fingerprint density at radius 1 is 0.331 bits per heavy atom. The lowest BCUT2D eigenvalue weighted by atomic mass is 9.58. The molecule has 148 heavy (non-hydrogen) atoms. The summed E-state index contributed by atoms with van der Waals surface area (Å²) in [5.41, 5.74) is 0.539. The summed E-state index contributed by atoms with van der Waals surface area (Å²) in [6.07, 6.45) is 12.4. The number of pyridine rings is 4. The number of thiophene rings is 2. The van der Waals surface area contributed by atoms with Gasteiger partial charge in [0.1, 0.15) is 36.7 Å². The minimum Gasteiger partial charge on any atom is -0.502 e. The number of rotatable bonds is 4. The molecule has 42 heteroatoms. The monoisotopic (exact) mass is 2100 g/mol. The molecule has 12 atom stereocenters. The highest BCUT2D eigenvalue weighted by Gasteiger charge is 2.60. The van der Waals surface area contributed by atoms with Crippen molar-refractivity contribution in [3.63, 3.8) is 0 Å². The van der Waals surface area contributed by atoms with E-state index in [1.165, 1.54) is 94.1 Å². The molecule has 4 unspecified atom stereocenters. The minimum atomic E-state index is -0.925. The summed E-state index contributed by atoms with van der Waals surface area (Å²) in [4.78, 5) is 118. The van der Waals surface area contributed by atoms with E-state index in [9.17, 15) is 76.3 Å². The Bertz CT molecular complexity index is 7360. The van der Waals surface area contributed by atoms with Gasteiger partial charge < -0.3 is 59.0 Å². The first-order valence-electron chi connectivity index (χ1n) is 49.7. The molecule has 0 spiro atoms. The van der Waals surface area contributed by atoms with Crippen molar-refractivity contribution in [2.45, 2.75) is 147 Å². The third kappa shape index (κ3) is 14.9. The summed E-state index contributed by atoms with van der Waals surface area (Å²) in [5, 5.41) is 52.7. The van der Waals surface area contributed by atoms with Gasteiger partial charge in [-0.15, -0.1) is 46.2 Å². The highest BCUT2D eigenvalue weighted by Crippen LogP contribution is 2.61. The predicted molar refractivity (Wildman–Crippen MR) is 531 cm³/mol. The molecule has 30 rings (SSSR count). The van der Waals surface area contributed by atoms with Gasteiger partial charge in [-0.05, 0) is 148 Å². The molecule has 4 bridgehead atoms. The highest BCUT2D eigenvalue weighted by atomic mass is 32.2. The number of aromatic hydroxyl groups is 4. The van der Waals surface area contributed by atoms with E-state index in [0.717, 1.165) is 103 Å². The normalized spacial score (nSPS) is 26.8. The van der Waals surface area contributed by atoms with Gasteiger partial charge in [-0.3, -0.25) is 86.9 Å². The van der Waals surface area contributed by atoms with Gasteiger partial charge in [-0.2, -0.15) is 0 Å². The summed E-state index contributed by atoms with van der Waals surface area (Å²) >= 11 is 6.01. The number of hydrogen-bond acceptors (Lipinski definition) is 26. The first-order valence-corrected chi connectivity index (χ1v) is 53.3. The number of hydrogen-bond donors (Lipinski definition) is 4. The topological polar surface area (TPSA) is 307 Å². The summed E-state index contributed by atoms with van der Waals surface area (Å²) < 4.78 is 151. The molecular weight excluding hydrogens is 2010 g/mol. The second kappa shape index (κ2) is 37.2. The number of carbonyl (C=O) groups is 4. The van der Waals surface area contributed by atoms with Gasteiger partial charge in [0.15, 0.2) is 92.3 Å². The van der Waals surface area contributed by atoms with Crippen molar-refractivity contribution in [3.05, 3.63) is 311 Å². The molecule has 4 N–H and O–H groups in total. The highest BCUT2D eigenvalue weighted by molar-refractivity contribution is 7.99. The van der Waals surface area contributed by atoms with Crippen LogP contribution in [0.1, 0.15) is 172 Å². The Labute approximate surface area is 855 Å². The van der Waals surface area contributed by atoms with Crippen molar-refractivity contribution in [2.75, 3.05) is 113 Å². The number of morpholine rings is 4. The molecule has 6 aliphatic carbocycles. The lowest BCUT2D eigenvalue weighted by Crippen LogP contribution is -2.68. The zero-order valence-electron chi connectivity index (χ0n) is 79.7. The van der Waals surface area contributed by atoms with Gasteiger partial charge in [-0.1, -0.05) is 60.7 Å². The number of carbonyl (C=O) groups excluding carboxylic acids is 4. The third-order valence-electron chi connectivity index (χ3n) is 33.4. The third-order valence-corrected chi connectivity index (χ3v) is 38.4. The van der Waals surface area contributed by atoms with E-state index in [0.29, 0.717) is 110 Å². The van der Waals surface area contributed by atoms with Gasteiger partial charge in [-0.25, -0.2) is 35.1 Å². The zero-order chi connectivity index (χ0) is 102. The number of fused-ring (bicyclic) bond motifs is 22. The Balaban J connectivity index is 0.000000103. The van der Waals surface area contributed by atoms with Crippen LogP contribution in [0, 0.1) is 82.0 Å². The van der Waals surface area contributed by atoms with Crippen LogP contribution < -0.4 is 41.8 Å². The van der Waals surface area contributed by atoms with Crippen LogP contribution in [0.4, 0.5) is 35.1 Å². The summed E-state index contributed by atoms with van der Waals surface area (Å²) in [6.45, 7) is 3.80. The van der Waals surface area contributed by atoms with Crippen molar-refractivity contribution < 1.29 is 93.7 Å². The van der Waals surface area contributed by atoms with E-state index in [2.05, 4.69) is 9.80 Å². The molecule has 6 aromatic carbocycles. The summed E-state index contributed by atoms with van der Waals surface area (Å²) in [6, 6.07) is 30.1. The number of ether oxygens (including phenoxy) is 4. The lowest BCUT2D eigenvalue weighted by Gasteiger charge is -2.58. The quantitative estimate of drug-likeness (QED) is 0.119. The van der Waals surface area contributed by atoms with Crippen molar-refractivity contribution in [1.29, 1.82) is 0 Å². The molecule has 4 saturated heterocycles. The maximum Gasteiger partial charge on any atom is 0.278 e. The molecule has 768 valence electrons. The van der Waals surface area contributed by atoms with Crippen LogP contribution in [-0.4, -0.2) is 222 Å². The van der Waals surface area contributed by atoms with E-state index in [1.54, 1.807) is 75.9 Å². The van der Waals surface area contributed by atoms with Crippen molar-refractivity contribution in [1.82, 2.24) is 48.1 Å². The fourth-order valence-electron chi connectivity index (χ4n) is 27.0. The fraction of sp³-hybridized carbons (Fsp3) is 0.396. The molecule has 4 amide bonds. The van der Waals surface area contributed by atoms with Gasteiger partial charge in [0.05, 0.1) is 64.9 Å². The Morgan fingerprint density at radius 2 is 0.615 bits per heavy atom. The van der Waals surface area contributed by atoms with Crippen molar-refractivity contribution in [2.24, 2.45) is 35.5 Å². The van der Waals surface area contributed by atoms with Crippen LogP contribution in [0.25, 0.3) is 20.2 Å². The van der Waals surface area contributed by atoms with Crippen LogP contribution in [-0.2, 0) is 43.5 Å². The molecule has 0 radical (unpaired) electrons. The van der Waals surface area contributed by atoms with Gasteiger partial charge in [0.25, 0.3) is 23.6 Å². The van der Waals surface area contributed by atoms with Gasteiger partial charge in [0, 0.05) is 186 Å². The van der Waals surface area contributed by atoms with E-state index < -0.39 is 164 Å². The Morgan fingerprint density at radius 3 is 0.939 bits per heavy atom. The molecule has 10 fully saturated rings. The number of benzene rings is 6. The molecule has 12 aliphatic heterocycles. The second-order valence-corrected chi connectivity index (χ2v) is 44.6. The standard InChI is InChI=1S/2C27H30F2N4O4.2C26H19F2N3O4S2/c2*1-30-12-17-16(6-7-18(28)22(17)29)24(21-14-2-4-15(5-3-14)23(21)30)33-20-13-37-11-10-31(20)27(36)25-26(35)19(34)8-9-32(25)33;2*27-16-6-5-13-15(20(16)28)12-36-24-14-3-1-2-4-18(14)37-25(24)21(13)31-19-11-35-10-9-29(19)26(34)22-23(33)17(32)7-8-30(22)31/h2*6-9,14-15,20-21,23-24,35H,2-5,10-13H2,1H3;2*1-8,19,21,33H,9-12H2/t14?,15?,20?,21-,23-,24?;14?,15?,20-,21-,23-,24+;19-,21+;/m111./s1. The fourth-order valence-corrected chi connectivity index (χ4v) is 32.5. The van der Waals surface area contributed by atoms with Crippen molar-refractivity contribution in [3.8, 4) is 23.0 Å². The first kappa shape index (κ1) is 96.1. The smallest absolute Gasteiger partial charge is 0.278 e. The molecule has 18 heterocycles. The zero-order valence-corrected chi connectivity index (χ0v) is 82.9. The van der Waals surface area contributed by atoms with Gasteiger partial charge >= 0.3 is 0 Å². The number of aromatic nitrogens is 4. The molecule has 6 saturated carbocycles. The van der Waals surface area contributed by atoms with Gasteiger partial charge in [0.2, 0.25) is 21.7 Å². The Kier molecular flexibility index (Phi) is 24.1. The van der Waals surface area contributed by atoms with Crippen LogP contribution in [0.3, 0.4) is 0 Å². The predicted octanol–water partition coefficient (Wildman–Crippen LogP) is 13.5. The number of amides is 4. The maximum absolute atomic E-state index is 15.5. The molecule has 30 nitrogen and oxygen atoms in total. The average Bonchev–Trinajstić information content (AvgIpc) is 1.40. The molecular formula is C106H98F8N14O16S4. The molecule has 6 aromatic heterocycles. The van der Waals surface area contributed by atoms with Crippen LogP contribution in [0.2, 0.25) is 0 Å². The number of halogens is 8. The second-order valence-electron chi connectivity index (χ2n) is 40.5. The van der Waals surface area contributed by atoms with E-state index >= 15 is 17.6 Å². The number of thioether (sulfide) groups is 2.